The molecule has 1 heterocycles. The maximum Gasteiger partial charge on any atom is 0.251 e. The molecule has 6 nitrogen and oxygen atoms in total. The molecule has 0 unspecified atom stereocenters. The number of amides is 1. The molecule has 0 saturated heterocycles. The highest BCUT2D eigenvalue weighted by Crippen LogP contribution is 2.18. The van der Waals surface area contributed by atoms with Crippen LogP contribution in [0.15, 0.2) is 29.4 Å². The Bertz CT molecular complexity index is 491. The van der Waals surface area contributed by atoms with Gasteiger partial charge in [-0.2, -0.15) is 5.10 Å². The summed E-state index contributed by atoms with van der Waals surface area (Å²) in [5.41, 5.74) is 4.19. The number of thiol groups is 1. The smallest absolute Gasteiger partial charge is 0.251 e. The number of hydrogen-bond acceptors (Lipinski definition) is 6. The van der Waals surface area contributed by atoms with Crippen LogP contribution in [0.25, 0.3) is 0 Å². The molecule has 2 N–H and O–H groups in total. The maximum atomic E-state index is 12.0. The summed E-state index contributed by atoms with van der Waals surface area (Å²) in [5.74, 6) is -0.0333. The fourth-order valence-corrected chi connectivity index (χ4v) is 2.23. The highest BCUT2D eigenvalue weighted by molar-refractivity contribution is 7.77. The van der Waals surface area contributed by atoms with Crippen molar-refractivity contribution in [3.05, 3.63) is 29.8 Å². The van der Waals surface area contributed by atoms with Crippen molar-refractivity contribution >= 4 is 30.7 Å². The number of anilines is 1. The van der Waals surface area contributed by atoms with Crippen LogP contribution in [0.2, 0.25) is 0 Å². The second kappa shape index (κ2) is 7.90. The molecule has 0 bridgehead atoms. The fraction of sp³-hybridized carbons (Fsp3) is 0.429. The van der Waals surface area contributed by atoms with E-state index >= 15 is 0 Å². The van der Waals surface area contributed by atoms with Crippen LogP contribution in [-0.2, 0) is 0 Å². The third-order valence-corrected chi connectivity index (χ3v) is 3.51. The minimum absolute atomic E-state index is 0.0333. The Kier molecular flexibility index (Phi) is 5.89. The van der Waals surface area contributed by atoms with Crippen LogP contribution in [-0.4, -0.2) is 23.3 Å². The summed E-state index contributed by atoms with van der Waals surface area (Å²) in [6.07, 6.45) is 6.22. The molecule has 0 fully saturated rings. The average molecular weight is 307 g/mol. The van der Waals surface area contributed by atoms with Crippen molar-refractivity contribution < 1.29 is 4.79 Å². The van der Waals surface area contributed by atoms with Crippen LogP contribution in [0.5, 0.6) is 0 Å². The van der Waals surface area contributed by atoms with Crippen molar-refractivity contribution in [3.8, 4) is 0 Å². The van der Waals surface area contributed by atoms with Gasteiger partial charge in [0.05, 0.1) is 5.69 Å². The Morgan fingerprint density at radius 1 is 1.29 bits per heavy atom. The maximum absolute atomic E-state index is 12.0. The second-order valence-electron chi connectivity index (χ2n) is 4.84. The van der Waals surface area contributed by atoms with Gasteiger partial charge in [-0.05, 0) is 43.5 Å². The third-order valence-electron chi connectivity index (χ3n) is 3.23. The number of rotatable bonds is 7. The molecule has 0 atom stereocenters. The SMILES string of the molecule is CCCCCCNC(=O)c1ccc(N2C=NNN2S)cc1. The highest BCUT2D eigenvalue weighted by Gasteiger charge is 2.15. The molecule has 0 aromatic heterocycles. The van der Waals surface area contributed by atoms with Crippen molar-refractivity contribution in [3.63, 3.8) is 0 Å². The molecule has 7 heteroatoms. The van der Waals surface area contributed by atoms with E-state index in [4.69, 9.17) is 0 Å². The number of nitrogens with one attached hydrogen (secondary N) is 2. The molecule has 114 valence electrons. The molecular weight excluding hydrogens is 286 g/mol. The molecule has 0 radical (unpaired) electrons. The predicted molar refractivity (Wildman–Crippen MR) is 87.8 cm³/mol. The summed E-state index contributed by atoms with van der Waals surface area (Å²) >= 11 is 4.18. The van der Waals surface area contributed by atoms with E-state index in [9.17, 15) is 4.79 Å². The topological polar surface area (TPSA) is 60.0 Å². The molecule has 2 rings (SSSR count). The van der Waals surface area contributed by atoms with Gasteiger partial charge in [-0.25, -0.2) is 10.5 Å². The minimum Gasteiger partial charge on any atom is -0.352 e. The number of hydrazone groups is 1. The van der Waals surface area contributed by atoms with Gasteiger partial charge in [-0.3, -0.25) is 4.79 Å². The lowest BCUT2D eigenvalue weighted by atomic mass is 10.1. The molecule has 0 aliphatic carbocycles. The normalized spacial score (nSPS) is 14.3. The Balaban J connectivity index is 1.84. The summed E-state index contributed by atoms with van der Waals surface area (Å²) in [6, 6.07) is 7.30. The number of benzene rings is 1. The van der Waals surface area contributed by atoms with E-state index in [0.29, 0.717) is 5.56 Å². The van der Waals surface area contributed by atoms with E-state index in [1.54, 1.807) is 23.5 Å². The summed E-state index contributed by atoms with van der Waals surface area (Å²) < 4.78 is 1.45. The summed E-state index contributed by atoms with van der Waals surface area (Å²) in [4.78, 5) is 12.0. The van der Waals surface area contributed by atoms with E-state index in [2.05, 4.69) is 35.7 Å². The first-order chi connectivity index (χ1) is 10.2. The Labute approximate surface area is 130 Å². The van der Waals surface area contributed by atoms with Gasteiger partial charge in [-0.1, -0.05) is 30.7 Å². The lowest BCUT2D eigenvalue weighted by Crippen LogP contribution is -2.35. The molecule has 0 spiro atoms. The van der Waals surface area contributed by atoms with E-state index in [1.165, 1.54) is 17.4 Å². The first kappa shape index (κ1) is 15.7. The zero-order chi connectivity index (χ0) is 15.1. The van der Waals surface area contributed by atoms with E-state index in [-0.39, 0.29) is 5.91 Å². The number of unbranched alkanes of at least 4 members (excludes halogenated alkanes) is 3. The van der Waals surface area contributed by atoms with Crippen LogP contribution in [0.3, 0.4) is 0 Å². The van der Waals surface area contributed by atoms with Crippen LogP contribution >= 0.6 is 12.8 Å². The highest BCUT2D eigenvalue weighted by atomic mass is 32.1. The van der Waals surface area contributed by atoms with Crippen LogP contribution in [0, 0.1) is 0 Å². The molecule has 0 saturated carbocycles. The monoisotopic (exact) mass is 307 g/mol. The molecule has 1 aromatic carbocycles. The molecule has 1 aliphatic rings. The largest absolute Gasteiger partial charge is 0.352 e. The number of carbonyl (C=O) groups excluding carboxylic acids is 1. The molecule has 1 aliphatic heterocycles. The zero-order valence-electron chi connectivity index (χ0n) is 12.1. The van der Waals surface area contributed by atoms with Crippen molar-refractivity contribution in [1.82, 2.24) is 15.4 Å². The molecule has 1 aromatic rings. The van der Waals surface area contributed by atoms with Gasteiger partial charge in [0.2, 0.25) is 0 Å². The third kappa shape index (κ3) is 4.37. The number of hydrazine groups is 2. The van der Waals surface area contributed by atoms with E-state index in [1.807, 2.05) is 12.1 Å². The summed E-state index contributed by atoms with van der Waals surface area (Å²) in [5, 5.41) is 8.52. The van der Waals surface area contributed by atoms with E-state index in [0.717, 1.165) is 25.1 Å². The number of nitrogens with zero attached hydrogens (tertiary/aromatic N) is 3. The van der Waals surface area contributed by atoms with Gasteiger partial charge < -0.3 is 5.32 Å². The van der Waals surface area contributed by atoms with Gasteiger partial charge in [-0.15, -0.1) is 0 Å². The molecule has 21 heavy (non-hydrogen) atoms. The summed E-state index contributed by atoms with van der Waals surface area (Å²) in [7, 11) is 0. The van der Waals surface area contributed by atoms with Crippen LogP contribution in [0.4, 0.5) is 5.69 Å². The van der Waals surface area contributed by atoms with Gasteiger partial charge >= 0.3 is 0 Å². The van der Waals surface area contributed by atoms with Crippen LogP contribution in [0.1, 0.15) is 43.0 Å². The van der Waals surface area contributed by atoms with Crippen molar-refractivity contribution in [2.24, 2.45) is 5.10 Å². The quantitative estimate of drug-likeness (QED) is 0.534. The van der Waals surface area contributed by atoms with Crippen molar-refractivity contribution in [2.45, 2.75) is 32.6 Å². The average Bonchev–Trinajstić information content (AvgIpc) is 2.93. The van der Waals surface area contributed by atoms with Crippen LogP contribution < -0.4 is 15.9 Å². The van der Waals surface area contributed by atoms with Crippen molar-refractivity contribution in [1.29, 1.82) is 0 Å². The Morgan fingerprint density at radius 3 is 2.67 bits per heavy atom. The van der Waals surface area contributed by atoms with E-state index < -0.39 is 0 Å². The molecule has 1 amide bonds. The minimum atomic E-state index is -0.0333. The lowest BCUT2D eigenvalue weighted by molar-refractivity contribution is 0.0953. The zero-order valence-corrected chi connectivity index (χ0v) is 13.0. The Hall–Kier alpha value is -1.73. The molecular formula is C14H21N5OS. The second-order valence-corrected chi connectivity index (χ2v) is 5.22. The van der Waals surface area contributed by atoms with Gasteiger partial charge in [0.15, 0.2) is 0 Å². The first-order valence-electron chi connectivity index (χ1n) is 7.17. The number of hydrogen-bond donors (Lipinski definition) is 3. The summed E-state index contributed by atoms with van der Waals surface area (Å²) in [6.45, 7) is 2.90. The number of carbonyl (C=O) groups is 1. The van der Waals surface area contributed by atoms with Gasteiger partial charge in [0, 0.05) is 12.1 Å². The predicted octanol–water partition coefficient (Wildman–Crippen LogP) is 2.33. The van der Waals surface area contributed by atoms with Gasteiger partial charge in [0.25, 0.3) is 5.91 Å². The Morgan fingerprint density at radius 2 is 2.05 bits per heavy atom. The first-order valence-corrected chi connectivity index (χ1v) is 7.57. The lowest BCUT2D eigenvalue weighted by Gasteiger charge is -2.20. The van der Waals surface area contributed by atoms with Crippen molar-refractivity contribution in [2.75, 3.05) is 11.6 Å². The van der Waals surface area contributed by atoms with Gasteiger partial charge in [0.1, 0.15) is 6.34 Å². The fourth-order valence-electron chi connectivity index (χ4n) is 2.03. The standard InChI is InChI=1S/C14H21N5OS/c1-2-3-4-5-10-15-14(20)12-6-8-13(9-7-12)18-11-16-17-19(18)21/h6-9,11,17,21H,2-5,10H2,1H3,(H,15,20).